The van der Waals surface area contributed by atoms with Gasteiger partial charge in [0.1, 0.15) is 18.1 Å². The monoisotopic (exact) mass is 418 g/mol. The number of hydrogen-bond donors (Lipinski definition) is 6. The molecule has 162 valence electrons. The van der Waals surface area contributed by atoms with Crippen molar-refractivity contribution in [3.05, 3.63) is 0 Å². The molecule has 4 unspecified atom stereocenters. The van der Waals surface area contributed by atoms with Crippen LogP contribution in [0.5, 0.6) is 0 Å². The highest BCUT2D eigenvalue weighted by Crippen LogP contribution is 2.09. The molecule has 0 heterocycles. The second-order valence-corrected chi connectivity index (χ2v) is 8.10. The molecular formula is C18H34N4O5S. The Labute approximate surface area is 172 Å². The molecule has 0 bridgehead atoms. The Hall–Kier alpha value is -1.81. The smallest absolute Gasteiger partial charge is 0.325 e. The highest BCUT2D eigenvalue weighted by atomic mass is 32.1. The van der Waals surface area contributed by atoms with E-state index < -0.39 is 47.9 Å². The van der Waals surface area contributed by atoms with Crippen LogP contribution in [-0.2, 0) is 19.2 Å². The fourth-order valence-corrected chi connectivity index (χ4v) is 2.58. The normalized spacial score (nSPS) is 15.5. The molecule has 0 aromatic carbocycles. The van der Waals surface area contributed by atoms with E-state index >= 15 is 0 Å². The van der Waals surface area contributed by atoms with Crippen LogP contribution in [0, 0.1) is 11.8 Å². The maximum absolute atomic E-state index is 12.8. The Balaban J connectivity index is 5.30. The van der Waals surface area contributed by atoms with Gasteiger partial charge in [0.05, 0.1) is 6.04 Å². The minimum Gasteiger partial charge on any atom is -0.480 e. The molecule has 0 fully saturated rings. The molecule has 0 saturated heterocycles. The summed E-state index contributed by atoms with van der Waals surface area (Å²) in [5, 5.41) is 16.6. The summed E-state index contributed by atoms with van der Waals surface area (Å²) in [5.41, 5.74) is 5.65. The number of rotatable bonds is 12. The Morgan fingerprint density at radius 1 is 0.821 bits per heavy atom. The number of carbonyl (C=O) groups is 4. The van der Waals surface area contributed by atoms with Crippen molar-refractivity contribution >= 4 is 36.3 Å². The van der Waals surface area contributed by atoms with Crippen LogP contribution in [0.2, 0.25) is 0 Å². The van der Waals surface area contributed by atoms with Gasteiger partial charge < -0.3 is 26.8 Å². The van der Waals surface area contributed by atoms with Gasteiger partial charge in [-0.05, 0) is 31.6 Å². The van der Waals surface area contributed by atoms with Gasteiger partial charge in [0.25, 0.3) is 0 Å². The van der Waals surface area contributed by atoms with Crippen molar-refractivity contribution in [2.75, 3.05) is 5.75 Å². The zero-order valence-electron chi connectivity index (χ0n) is 17.2. The molecule has 0 aromatic rings. The molecular weight excluding hydrogens is 384 g/mol. The number of hydrogen-bond acceptors (Lipinski definition) is 6. The fourth-order valence-electron chi connectivity index (χ4n) is 2.42. The highest BCUT2D eigenvalue weighted by Gasteiger charge is 2.30. The van der Waals surface area contributed by atoms with E-state index in [-0.39, 0.29) is 17.6 Å². The largest absolute Gasteiger partial charge is 0.480 e. The lowest BCUT2D eigenvalue weighted by molar-refractivity contribution is -0.142. The van der Waals surface area contributed by atoms with Crippen LogP contribution in [0.25, 0.3) is 0 Å². The van der Waals surface area contributed by atoms with Gasteiger partial charge in [-0.2, -0.15) is 12.6 Å². The molecule has 0 aliphatic rings. The van der Waals surface area contributed by atoms with Crippen LogP contribution >= 0.6 is 12.6 Å². The number of nitrogens with one attached hydrogen (secondary N) is 3. The maximum Gasteiger partial charge on any atom is 0.325 e. The lowest BCUT2D eigenvalue weighted by Gasteiger charge is -2.26. The molecule has 3 amide bonds. The van der Waals surface area contributed by atoms with Crippen molar-refractivity contribution in [1.82, 2.24) is 16.0 Å². The maximum atomic E-state index is 12.8. The number of nitrogens with two attached hydrogens (primary N) is 1. The molecule has 0 aliphatic carbocycles. The van der Waals surface area contributed by atoms with Crippen molar-refractivity contribution < 1.29 is 24.3 Å². The summed E-state index contributed by atoms with van der Waals surface area (Å²) in [7, 11) is 0. The molecule has 6 N–H and O–H groups in total. The van der Waals surface area contributed by atoms with E-state index in [1.54, 1.807) is 0 Å². The molecule has 0 spiro atoms. The second kappa shape index (κ2) is 12.6. The summed E-state index contributed by atoms with van der Waals surface area (Å²) in [6.07, 6.45) is 0.681. The molecule has 0 aromatic heterocycles. The Kier molecular flexibility index (Phi) is 11.8. The molecule has 28 heavy (non-hydrogen) atoms. The summed E-state index contributed by atoms with van der Waals surface area (Å²) in [4.78, 5) is 48.3. The average Bonchev–Trinajstić information content (AvgIpc) is 2.58. The van der Waals surface area contributed by atoms with Crippen LogP contribution in [-0.4, -0.2) is 58.7 Å². The van der Waals surface area contributed by atoms with Crippen molar-refractivity contribution in [3.63, 3.8) is 0 Å². The van der Waals surface area contributed by atoms with Crippen LogP contribution in [0.3, 0.4) is 0 Å². The minimum atomic E-state index is -1.17. The van der Waals surface area contributed by atoms with Gasteiger partial charge in [0.2, 0.25) is 17.7 Å². The zero-order chi connectivity index (χ0) is 22.0. The Morgan fingerprint density at radius 3 is 1.57 bits per heavy atom. The van der Waals surface area contributed by atoms with E-state index in [1.165, 1.54) is 6.92 Å². The fraction of sp³-hybridized carbons (Fsp3) is 0.778. The van der Waals surface area contributed by atoms with Crippen LogP contribution in [0.4, 0.5) is 0 Å². The van der Waals surface area contributed by atoms with Gasteiger partial charge in [0, 0.05) is 5.75 Å². The second-order valence-electron chi connectivity index (χ2n) is 7.74. The first-order valence-corrected chi connectivity index (χ1v) is 10.0. The molecule has 0 aliphatic heterocycles. The summed E-state index contributed by atoms with van der Waals surface area (Å²) >= 11 is 3.98. The van der Waals surface area contributed by atoms with Crippen molar-refractivity contribution in [2.24, 2.45) is 17.6 Å². The number of carboxylic acid groups (broad SMARTS) is 1. The molecule has 0 radical (unpaired) electrons. The van der Waals surface area contributed by atoms with Crippen LogP contribution in [0.1, 0.15) is 47.5 Å². The number of amides is 3. The Bertz CT molecular complexity index is 556. The highest BCUT2D eigenvalue weighted by molar-refractivity contribution is 7.80. The first-order valence-electron chi connectivity index (χ1n) is 9.39. The number of thiol groups is 1. The quantitative estimate of drug-likeness (QED) is 0.244. The molecule has 4 atom stereocenters. The van der Waals surface area contributed by atoms with Gasteiger partial charge in [-0.25, -0.2) is 0 Å². The number of carboxylic acids is 1. The van der Waals surface area contributed by atoms with Crippen molar-refractivity contribution in [1.29, 1.82) is 0 Å². The van der Waals surface area contributed by atoms with E-state index in [0.29, 0.717) is 12.8 Å². The van der Waals surface area contributed by atoms with E-state index in [1.807, 2.05) is 27.7 Å². The number of carbonyl (C=O) groups excluding carboxylic acids is 3. The summed E-state index contributed by atoms with van der Waals surface area (Å²) in [6.45, 7) is 8.91. The van der Waals surface area contributed by atoms with Gasteiger partial charge in [-0.1, -0.05) is 27.7 Å². The number of aliphatic carboxylic acids is 1. The van der Waals surface area contributed by atoms with E-state index in [4.69, 9.17) is 10.8 Å². The third-order valence-corrected chi connectivity index (χ3v) is 4.34. The molecule has 10 heteroatoms. The zero-order valence-corrected chi connectivity index (χ0v) is 18.1. The molecule has 0 rings (SSSR count). The van der Waals surface area contributed by atoms with Gasteiger partial charge in [-0.3, -0.25) is 19.2 Å². The van der Waals surface area contributed by atoms with Gasteiger partial charge in [0.15, 0.2) is 0 Å². The third-order valence-electron chi connectivity index (χ3n) is 3.94. The predicted molar refractivity (Wildman–Crippen MR) is 110 cm³/mol. The van der Waals surface area contributed by atoms with Crippen LogP contribution in [0.15, 0.2) is 0 Å². The average molecular weight is 419 g/mol. The van der Waals surface area contributed by atoms with E-state index in [0.717, 1.165) is 0 Å². The summed E-state index contributed by atoms with van der Waals surface area (Å²) in [6, 6.07) is -3.72. The molecule has 0 saturated carbocycles. The Morgan fingerprint density at radius 2 is 1.21 bits per heavy atom. The first kappa shape index (κ1) is 26.2. The molecule has 9 nitrogen and oxygen atoms in total. The lowest BCUT2D eigenvalue weighted by Crippen LogP contribution is -2.57. The lowest BCUT2D eigenvalue weighted by atomic mass is 9.99. The standard InChI is InChI=1S/C18H34N4O5S/c1-9(2)6-13(16(24)20-11(5)18(26)27)22-17(25)14(7-10(3)4)21-15(23)12(19)8-28/h9-14,28H,6-8,19H2,1-5H3,(H,20,24)(H,21,23)(H,22,25)(H,26,27). The van der Waals surface area contributed by atoms with E-state index in [2.05, 4.69) is 28.6 Å². The summed E-state index contributed by atoms with van der Waals surface area (Å²) < 4.78 is 0. The van der Waals surface area contributed by atoms with Crippen molar-refractivity contribution in [3.8, 4) is 0 Å². The first-order chi connectivity index (χ1) is 12.9. The topological polar surface area (TPSA) is 151 Å². The summed E-state index contributed by atoms with van der Waals surface area (Å²) in [5.74, 6) is -2.46. The van der Waals surface area contributed by atoms with E-state index in [9.17, 15) is 19.2 Å². The predicted octanol–water partition coefficient (Wildman–Crippen LogP) is -0.105. The van der Waals surface area contributed by atoms with Crippen molar-refractivity contribution in [2.45, 2.75) is 71.6 Å². The third kappa shape index (κ3) is 9.93. The van der Waals surface area contributed by atoms with Crippen LogP contribution < -0.4 is 21.7 Å². The van der Waals surface area contributed by atoms with Gasteiger partial charge in [-0.15, -0.1) is 0 Å². The minimum absolute atomic E-state index is 0.0759. The van der Waals surface area contributed by atoms with Gasteiger partial charge >= 0.3 is 5.97 Å². The SMILES string of the molecule is CC(C)CC(NC(=O)C(N)CS)C(=O)NC(CC(C)C)C(=O)NC(C)C(=O)O.